The van der Waals surface area contributed by atoms with Gasteiger partial charge in [0.2, 0.25) is 0 Å². The smallest absolute Gasteiger partial charge is 0.282 e. The summed E-state index contributed by atoms with van der Waals surface area (Å²) in [5, 5.41) is 13.5. The average molecular weight is 421 g/mol. The number of amides is 1. The van der Waals surface area contributed by atoms with Gasteiger partial charge in [0, 0.05) is 5.02 Å². The van der Waals surface area contributed by atoms with Crippen LogP contribution < -0.4 is 5.01 Å². The Balaban J connectivity index is 1.93. The van der Waals surface area contributed by atoms with Crippen molar-refractivity contribution in [2.45, 2.75) is 31.7 Å². The van der Waals surface area contributed by atoms with Gasteiger partial charge in [-0.25, -0.2) is 0 Å². The SMILES string of the molecule is CC1=NN(c2ccc(C)cc2)C(=O)C1N=Nc1cc(C)c(Cl)cc1S(=O)(=O)O. The Morgan fingerprint density at radius 3 is 2.39 bits per heavy atom. The number of aryl methyl sites for hydroxylation is 2. The molecular formula is C18H17ClN4O4S. The predicted octanol–water partition coefficient (Wildman–Crippen LogP) is 4.08. The molecule has 0 aromatic heterocycles. The van der Waals surface area contributed by atoms with Gasteiger partial charge in [-0.15, -0.1) is 0 Å². The second kappa shape index (κ2) is 7.42. The Hall–Kier alpha value is -2.62. The number of hydrogen-bond donors (Lipinski definition) is 1. The van der Waals surface area contributed by atoms with Gasteiger partial charge in [0.05, 0.1) is 11.4 Å². The number of nitrogens with zero attached hydrogens (tertiary/aromatic N) is 4. The summed E-state index contributed by atoms with van der Waals surface area (Å²) in [6, 6.07) is 8.72. The standard InChI is InChI=1S/C18H17ClN4O4S/c1-10-4-6-13(7-5-10)23-18(24)17(12(3)22-23)21-20-15-8-11(2)14(19)9-16(15)28(25,26)27/h4-9,17H,1-3H3,(H,25,26,27). The molecule has 28 heavy (non-hydrogen) atoms. The van der Waals surface area contributed by atoms with Crippen molar-refractivity contribution in [3.05, 3.63) is 52.5 Å². The van der Waals surface area contributed by atoms with E-state index in [0.29, 0.717) is 17.0 Å². The van der Waals surface area contributed by atoms with Gasteiger partial charge in [-0.1, -0.05) is 29.3 Å². The molecule has 0 fully saturated rings. The first-order valence-electron chi connectivity index (χ1n) is 8.22. The first-order chi connectivity index (χ1) is 13.1. The molecule has 0 radical (unpaired) electrons. The van der Waals surface area contributed by atoms with Crippen LogP contribution in [0.3, 0.4) is 0 Å². The molecule has 0 saturated carbocycles. The number of rotatable bonds is 4. The largest absolute Gasteiger partial charge is 0.296 e. The molecule has 1 aliphatic heterocycles. The number of azo groups is 1. The summed E-state index contributed by atoms with van der Waals surface area (Å²) in [7, 11) is -4.57. The molecular weight excluding hydrogens is 404 g/mol. The third kappa shape index (κ3) is 3.96. The maximum Gasteiger partial charge on any atom is 0.296 e. The van der Waals surface area contributed by atoms with E-state index in [1.54, 1.807) is 26.0 Å². The summed E-state index contributed by atoms with van der Waals surface area (Å²) < 4.78 is 32.6. The van der Waals surface area contributed by atoms with E-state index in [4.69, 9.17) is 11.6 Å². The summed E-state index contributed by atoms with van der Waals surface area (Å²) >= 11 is 5.94. The number of hydrazone groups is 1. The van der Waals surface area contributed by atoms with E-state index in [0.717, 1.165) is 11.6 Å². The van der Waals surface area contributed by atoms with Crippen LogP contribution in [0, 0.1) is 13.8 Å². The van der Waals surface area contributed by atoms with Gasteiger partial charge in [0.15, 0.2) is 6.04 Å². The van der Waals surface area contributed by atoms with E-state index < -0.39 is 27.0 Å². The zero-order chi connectivity index (χ0) is 20.6. The number of benzene rings is 2. The molecule has 10 heteroatoms. The molecule has 1 N–H and O–H groups in total. The lowest BCUT2D eigenvalue weighted by molar-refractivity contribution is -0.117. The monoisotopic (exact) mass is 420 g/mol. The molecule has 0 bridgehead atoms. The molecule has 3 rings (SSSR count). The molecule has 1 unspecified atom stereocenters. The van der Waals surface area contributed by atoms with E-state index >= 15 is 0 Å². The Kier molecular flexibility index (Phi) is 5.33. The fraction of sp³-hybridized carbons (Fsp3) is 0.222. The molecule has 2 aromatic carbocycles. The Labute approximate surface area is 167 Å². The minimum Gasteiger partial charge on any atom is -0.282 e. The normalized spacial score (nSPS) is 17.5. The zero-order valence-electron chi connectivity index (χ0n) is 15.3. The van der Waals surface area contributed by atoms with E-state index in [1.807, 2.05) is 19.1 Å². The quantitative estimate of drug-likeness (QED) is 0.593. The maximum atomic E-state index is 12.7. The van der Waals surface area contributed by atoms with Crippen LogP contribution in [0.5, 0.6) is 0 Å². The van der Waals surface area contributed by atoms with Crippen molar-refractivity contribution in [2.75, 3.05) is 5.01 Å². The first kappa shape index (κ1) is 20.1. The lowest BCUT2D eigenvalue weighted by Crippen LogP contribution is -2.29. The van der Waals surface area contributed by atoms with Gasteiger partial charge < -0.3 is 0 Å². The lowest BCUT2D eigenvalue weighted by atomic mass is 10.2. The molecule has 2 aromatic rings. The van der Waals surface area contributed by atoms with Crippen molar-refractivity contribution in [1.82, 2.24) is 0 Å². The molecule has 146 valence electrons. The van der Waals surface area contributed by atoms with Crippen LogP contribution in [-0.4, -0.2) is 30.6 Å². The Morgan fingerprint density at radius 1 is 1.14 bits per heavy atom. The van der Waals surface area contributed by atoms with E-state index in [9.17, 15) is 17.8 Å². The fourth-order valence-electron chi connectivity index (χ4n) is 2.61. The second-order valence-corrected chi connectivity index (χ2v) is 8.19. The van der Waals surface area contributed by atoms with Gasteiger partial charge in [-0.2, -0.15) is 28.8 Å². The van der Waals surface area contributed by atoms with E-state index in [1.165, 1.54) is 11.1 Å². The third-order valence-electron chi connectivity index (χ3n) is 4.17. The van der Waals surface area contributed by atoms with Crippen LogP contribution in [0.2, 0.25) is 5.02 Å². The van der Waals surface area contributed by atoms with Crippen molar-refractivity contribution >= 4 is 44.7 Å². The summed E-state index contributed by atoms with van der Waals surface area (Å²) in [6.45, 7) is 5.22. The third-order valence-corrected chi connectivity index (χ3v) is 5.46. The number of anilines is 1. The van der Waals surface area contributed by atoms with Crippen molar-refractivity contribution < 1.29 is 17.8 Å². The van der Waals surface area contributed by atoms with Gasteiger partial charge in [-0.05, 0) is 50.6 Å². The van der Waals surface area contributed by atoms with Crippen LogP contribution in [-0.2, 0) is 14.9 Å². The minimum absolute atomic E-state index is 0.112. The average Bonchev–Trinajstić information content (AvgIpc) is 2.89. The van der Waals surface area contributed by atoms with Crippen LogP contribution in [0.1, 0.15) is 18.1 Å². The molecule has 1 amide bonds. The zero-order valence-corrected chi connectivity index (χ0v) is 16.9. The number of carbonyl (C=O) groups excluding carboxylic acids is 1. The molecule has 8 nitrogen and oxygen atoms in total. The van der Waals surface area contributed by atoms with Crippen molar-refractivity contribution in [2.24, 2.45) is 15.3 Å². The second-order valence-electron chi connectivity index (χ2n) is 6.39. The van der Waals surface area contributed by atoms with Gasteiger partial charge in [-0.3, -0.25) is 9.35 Å². The Morgan fingerprint density at radius 2 is 1.79 bits per heavy atom. The lowest BCUT2D eigenvalue weighted by Gasteiger charge is -2.12. The maximum absolute atomic E-state index is 12.7. The number of halogens is 1. The molecule has 0 aliphatic carbocycles. The van der Waals surface area contributed by atoms with Gasteiger partial charge >= 0.3 is 0 Å². The van der Waals surface area contributed by atoms with Crippen LogP contribution in [0.15, 0.2) is 56.6 Å². The minimum atomic E-state index is -4.57. The summed E-state index contributed by atoms with van der Waals surface area (Å²) in [5.41, 5.74) is 2.48. The van der Waals surface area contributed by atoms with Crippen LogP contribution in [0.25, 0.3) is 0 Å². The molecule has 1 atom stereocenters. The van der Waals surface area contributed by atoms with Crippen molar-refractivity contribution in [3.63, 3.8) is 0 Å². The summed E-state index contributed by atoms with van der Waals surface area (Å²) in [5.74, 6) is -0.413. The van der Waals surface area contributed by atoms with Crippen LogP contribution >= 0.6 is 11.6 Å². The predicted molar refractivity (Wildman–Crippen MR) is 106 cm³/mol. The highest BCUT2D eigenvalue weighted by Crippen LogP contribution is 2.31. The molecule has 0 saturated heterocycles. The molecule has 1 heterocycles. The fourth-order valence-corrected chi connectivity index (χ4v) is 3.47. The summed E-state index contributed by atoms with van der Waals surface area (Å²) in [4.78, 5) is 12.2. The van der Waals surface area contributed by atoms with Gasteiger partial charge in [0.25, 0.3) is 16.0 Å². The van der Waals surface area contributed by atoms with Crippen molar-refractivity contribution in [1.29, 1.82) is 0 Å². The van der Waals surface area contributed by atoms with Crippen LogP contribution in [0.4, 0.5) is 11.4 Å². The van der Waals surface area contributed by atoms with Crippen molar-refractivity contribution in [3.8, 4) is 0 Å². The molecule has 1 aliphatic rings. The van der Waals surface area contributed by atoms with E-state index in [2.05, 4.69) is 15.3 Å². The Bertz CT molecular complexity index is 1110. The highest BCUT2D eigenvalue weighted by atomic mass is 35.5. The number of hydrogen-bond acceptors (Lipinski definition) is 6. The topological polar surface area (TPSA) is 112 Å². The highest BCUT2D eigenvalue weighted by molar-refractivity contribution is 7.86. The number of carbonyl (C=O) groups is 1. The molecule has 0 spiro atoms. The van der Waals surface area contributed by atoms with Gasteiger partial charge in [0.1, 0.15) is 10.6 Å². The highest BCUT2D eigenvalue weighted by Gasteiger charge is 2.34. The van der Waals surface area contributed by atoms with E-state index in [-0.39, 0.29) is 10.7 Å². The summed E-state index contributed by atoms with van der Waals surface area (Å²) in [6.07, 6.45) is 0. The first-order valence-corrected chi connectivity index (χ1v) is 10.0.